The Bertz CT molecular complexity index is 1140. The summed E-state index contributed by atoms with van der Waals surface area (Å²) in [5.41, 5.74) is 2.25. The van der Waals surface area contributed by atoms with Crippen molar-refractivity contribution in [3.05, 3.63) is 81.3 Å². The Hall–Kier alpha value is -3.78. The van der Waals surface area contributed by atoms with E-state index < -0.39 is 11.9 Å². The second-order valence-electron chi connectivity index (χ2n) is 6.44. The molecule has 0 spiro atoms. The number of esters is 1. The van der Waals surface area contributed by atoms with Gasteiger partial charge in [-0.15, -0.1) is 11.3 Å². The van der Waals surface area contributed by atoms with Gasteiger partial charge in [0.2, 0.25) is 5.91 Å². The van der Waals surface area contributed by atoms with Gasteiger partial charge in [0.1, 0.15) is 5.01 Å². The van der Waals surface area contributed by atoms with Gasteiger partial charge in [-0.05, 0) is 42.3 Å². The molecule has 7 nitrogen and oxygen atoms in total. The first kappa shape index (κ1) is 21.9. The van der Waals surface area contributed by atoms with Crippen LogP contribution in [0.25, 0.3) is 12.2 Å². The highest BCUT2D eigenvalue weighted by molar-refractivity contribution is 7.10. The van der Waals surface area contributed by atoms with Gasteiger partial charge < -0.3 is 15.2 Å². The van der Waals surface area contributed by atoms with Gasteiger partial charge in [-0.2, -0.15) is 0 Å². The zero-order valence-electron chi connectivity index (χ0n) is 16.7. The van der Waals surface area contributed by atoms with Gasteiger partial charge in [0.05, 0.1) is 18.6 Å². The zero-order valence-corrected chi connectivity index (χ0v) is 17.5. The lowest BCUT2D eigenvalue weighted by atomic mass is 10.0. The predicted octanol–water partition coefficient (Wildman–Crippen LogP) is 4.37. The van der Waals surface area contributed by atoms with Gasteiger partial charge in [-0.25, -0.2) is 14.6 Å². The molecular formula is C23H20N2O5S. The normalized spacial score (nSPS) is 10.7. The van der Waals surface area contributed by atoms with Crippen molar-refractivity contribution in [2.75, 3.05) is 11.9 Å². The van der Waals surface area contributed by atoms with E-state index in [1.54, 1.807) is 54.8 Å². The van der Waals surface area contributed by atoms with E-state index in [2.05, 4.69) is 10.3 Å². The van der Waals surface area contributed by atoms with Crippen molar-refractivity contribution in [1.82, 2.24) is 4.98 Å². The number of aromatic nitrogens is 1. The Labute approximate surface area is 183 Å². The highest BCUT2D eigenvalue weighted by Gasteiger charge is 2.13. The Morgan fingerprint density at radius 3 is 2.71 bits per heavy atom. The van der Waals surface area contributed by atoms with Crippen LogP contribution in [0.5, 0.6) is 0 Å². The number of carbonyl (C=O) groups excluding carboxylic acids is 2. The summed E-state index contributed by atoms with van der Waals surface area (Å²) in [6.07, 6.45) is 3.55. The van der Waals surface area contributed by atoms with E-state index in [-0.39, 0.29) is 23.6 Å². The lowest BCUT2D eigenvalue weighted by Gasteiger charge is -2.08. The number of carboxylic acids is 1. The van der Waals surface area contributed by atoms with Crippen LogP contribution in [-0.4, -0.2) is 34.5 Å². The number of anilines is 1. The van der Waals surface area contributed by atoms with E-state index in [1.807, 2.05) is 12.1 Å². The van der Waals surface area contributed by atoms with Crippen molar-refractivity contribution >= 4 is 47.0 Å². The van der Waals surface area contributed by atoms with Gasteiger partial charge >= 0.3 is 11.9 Å². The Balaban J connectivity index is 1.65. The molecule has 0 saturated heterocycles. The van der Waals surface area contributed by atoms with Crippen LogP contribution in [0.3, 0.4) is 0 Å². The number of nitrogens with zero attached hydrogens (tertiary/aromatic N) is 1. The molecule has 0 saturated carbocycles. The number of aromatic carboxylic acids is 1. The summed E-state index contributed by atoms with van der Waals surface area (Å²) < 4.78 is 4.93. The van der Waals surface area contributed by atoms with Crippen LogP contribution in [0, 0.1) is 0 Å². The summed E-state index contributed by atoms with van der Waals surface area (Å²) in [4.78, 5) is 39.6. The van der Waals surface area contributed by atoms with Gasteiger partial charge in [0, 0.05) is 11.1 Å². The number of amides is 1. The maximum absolute atomic E-state index is 12.4. The number of carbonyl (C=O) groups is 3. The molecule has 3 aromatic rings. The number of hydrogen-bond acceptors (Lipinski definition) is 6. The molecule has 0 unspecified atom stereocenters. The summed E-state index contributed by atoms with van der Waals surface area (Å²) in [5, 5.41) is 14.3. The quantitative estimate of drug-likeness (QED) is 0.508. The van der Waals surface area contributed by atoms with E-state index in [1.165, 1.54) is 17.4 Å². The fourth-order valence-electron chi connectivity index (χ4n) is 2.81. The van der Waals surface area contributed by atoms with E-state index in [0.717, 1.165) is 5.56 Å². The number of ether oxygens (including phenoxy) is 1. The van der Waals surface area contributed by atoms with Crippen LogP contribution >= 0.6 is 11.3 Å². The molecular weight excluding hydrogens is 416 g/mol. The molecule has 158 valence electrons. The molecule has 3 rings (SSSR count). The van der Waals surface area contributed by atoms with Crippen LogP contribution in [0.15, 0.2) is 53.9 Å². The number of thiazole rings is 1. The summed E-state index contributed by atoms with van der Waals surface area (Å²) in [6.45, 7) is 2.03. The molecule has 0 aliphatic rings. The molecule has 0 radical (unpaired) electrons. The first-order valence-electron chi connectivity index (χ1n) is 9.48. The predicted molar refractivity (Wildman–Crippen MR) is 119 cm³/mol. The third-order valence-electron chi connectivity index (χ3n) is 4.19. The van der Waals surface area contributed by atoms with Crippen LogP contribution in [-0.2, 0) is 16.0 Å². The van der Waals surface area contributed by atoms with Gasteiger partial charge in [0.25, 0.3) is 0 Å². The van der Waals surface area contributed by atoms with Crippen molar-refractivity contribution in [3.63, 3.8) is 0 Å². The Morgan fingerprint density at radius 1 is 1.13 bits per heavy atom. The van der Waals surface area contributed by atoms with Crippen LogP contribution in [0.1, 0.15) is 43.9 Å². The highest BCUT2D eigenvalue weighted by atomic mass is 32.1. The van der Waals surface area contributed by atoms with E-state index in [4.69, 9.17) is 4.74 Å². The fourth-order valence-corrected chi connectivity index (χ4v) is 3.49. The van der Waals surface area contributed by atoms with Gasteiger partial charge in [-0.3, -0.25) is 4.79 Å². The summed E-state index contributed by atoms with van der Waals surface area (Å²) in [6, 6.07) is 13.6. The largest absolute Gasteiger partial charge is 0.478 e. The second kappa shape index (κ2) is 10.3. The number of rotatable bonds is 8. The smallest absolute Gasteiger partial charge is 0.357 e. The minimum absolute atomic E-state index is 0.0434. The molecule has 8 heteroatoms. The van der Waals surface area contributed by atoms with E-state index in [0.29, 0.717) is 22.9 Å². The maximum atomic E-state index is 12.4. The van der Waals surface area contributed by atoms with Crippen molar-refractivity contribution in [2.45, 2.75) is 13.3 Å². The van der Waals surface area contributed by atoms with Crippen molar-refractivity contribution in [3.8, 4) is 0 Å². The Morgan fingerprint density at radius 2 is 1.94 bits per heavy atom. The highest BCUT2D eigenvalue weighted by Crippen LogP contribution is 2.17. The van der Waals surface area contributed by atoms with Crippen molar-refractivity contribution in [2.24, 2.45) is 0 Å². The van der Waals surface area contributed by atoms with Crippen LogP contribution in [0.2, 0.25) is 0 Å². The first-order chi connectivity index (χ1) is 15.0. The molecule has 0 bridgehead atoms. The lowest BCUT2D eigenvalue weighted by Crippen LogP contribution is -2.16. The van der Waals surface area contributed by atoms with Gasteiger partial charge in [0.15, 0.2) is 5.69 Å². The molecule has 31 heavy (non-hydrogen) atoms. The molecule has 1 amide bonds. The molecule has 2 aromatic carbocycles. The zero-order chi connectivity index (χ0) is 22.2. The summed E-state index contributed by atoms with van der Waals surface area (Å²) >= 11 is 1.33. The minimum Gasteiger partial charge on any atom is -0.478 e. The monoisotopic (exact) mass is 436 g/mol. The van der Waals surface area contributed by atoms with E-state index in [9.17, 15) is 19.5 Å². The SMILES string of the molecule is CCOC(=O)c1csc(/C=C/c2cccc(NC(=O)Cc3ccccc3C(=O)O)c2)n1. The fraction of sp³-hybridized carbons (Fsp3) is 0.130. The second-order valence-corrected chi connectivity index (χ2v) is 7.33. The summed E-state index contributed by atoms with van der Waals surface area (Å²) in [7, 11) is 0. The molecule has 0 aliphatic carbocycles. The van der Waals surface area contributed by atoms with Crippen LogP contribution in [0.4, 0.5) is 5.69 Å². The number of nitrogens with one attached hydrogen (secondary N) is 1. The lowest BCUT2D eigenvalue weighted by molar-refractivity contribution is -0.115. The number of benzene rings is 2. The van der Waals surface area contributed by atoms with Crippen molar-refractivity contribution < 1.29 is 24.2 Å². The minimum atomic E-state index is -1.07. The molecule has 2 N–H and O–H groups in total. The molecule has 1 aromatic heterocycles. The third kappa shape index (κ3) is 6.10. The third-order valence-corrected chi connectivity index (χ3v) is 5.00. The molecule has 1 heterocycles. The standard InChI is InChI=1S/C23H20N2O5S/c1-2-30-23(29)19-14-31-21(25-19)11-10-15-6-5-8-17(12-15)24-20(26)13-16-7-3-4-9-18(16)22(27)28/h3-12,14H,2,13H2,1H3,(H,24,26)(H,27,28)/b11-10+. The molecule has 0 aliphatic heterocycles. The van der Waals surface area contributed by atoms with Gasteiger partial charge in [-0.1, -0.05) is 36.4 Å². The molecule has 0 fully saturated rings. The van der Waals surface area contributed by atoms with Crippen LogP contribution < -0.4 is 5.32 Å². The summed E-state index contributed by atoms with van der Waals surface area (Å²) in [5.74, 6) is -1.83. The van der Waals surface area contributed by atoms with E-state index >= 15 is 0 Å². The topological polar surface area (TPSA) is 106 Å². The average Bonchev–Trinajstić information content (AvgIpc) is 3.22. The van der Waals surface area contributed by atoms with Crippen molar-refractivity contribution in [1.29, 1.82) is 0 Å². The average molecular weight is 436 g/mol. The number of hydrogen-bond donors (Lipinski definition) is 2. The Kier molecular flexibility index (Phi) is 7.29. The maximum Gasteiger partial charge on any atom is 0.357 e. The number of carboxylic acid groups (broad SMARTS) is 1. The molecule has 0 atom stereocenters. The first-order valence-corrected chi connectivity index (χ1v) is 10.4.